The van der Waals surface area contributed by atoms with Gasteiger partial charge in [0.1, 0.15) is 0 Å². The number of carboxylic acids is 1. The van der Waals surface area contributed by atoms with E-state index in [2.05, 4.69) is 5.10 Å². The van der Waals surface area contributed by atoms with Crippen LogP contribution in [-0.2, 0) is 12.7 Å². The zero-order chi connectivity index (χ0) is 23.1. The van der Waals surface area contributed by atoms with Crippen molar-refractivity contribution in [2.75, 3.05) is 26.2 Å². The molecule has 1 aromatic carbocycles. The van der Waals surface area contributed by atoms with E-state index in [0.29, 0.717) is 26.2 Å². The number of alkyl halides is 3. The average molecular weight is 471 g/mol. The van der Waals surface area contributed by atoms with Crippen LogP contribution in [0.25, 0.3) is 0 Å². The summed E-state index contributed by atoms with van der Waals surface area (Å²) in [7, 11) is 0. The molecule has 0 radical (unpaired) electrons. The second kappa shape index (κ2) is 8.40. The van der Waals surface area contributed by atoms with E-state index < -0.39 is 17.7 Å². The van der Waals surface area contributed by atoms with Gasteiger partial charge in [-0.2, -0.15) is 23.0 Å². The smallest absolute Gasteiger partial charge is 0.418 e. The van der Waals surface area contributed by atoms with Crippen molar-refractivity contribution in [3.63, 3.8) is 0 Å². The fourth-order valence-corrected chi connectivity index (χ4v) is 4.99. The molecule has 0 aliphatic carbocycles. The minimum Gasteiger partial charge on any atom is -0.476 e. The van der Waals surface area contributed by atoms with E-state index in [1.54, 1.807) is 4.90 Å². The van der Waals surface area contributed by atoms with Crippen molar-refractivity contribution >= 4 is 23.6 Å². The quantitative estimate of drug-likeness (QED) is 0.727. The van der Waals surface area contributed by atoms with Crippen LogP contribution in [0.4, 0.5) is 18.0 Å². The molecule has 2 aliphatic heterocycles. The number of hydrogen-bond acceptors (Lipinski definition) is 4. The highest BCUT2D eigenvalue weighted by atomic mass is 35.5. The summed E-state index contributed by atoms with van der Waals surface area (Å²) in [5.41, 5.74) is -0.854. The highest BCUT2D eigenvalue weighted by Crippen LogP contribution is 2.42. The van der Waals surface area contributed by atoms with E-state index >= 15 is 0 Å². The van der Waals surface area contributed by atoms with Gasteiger partial charge in [-0.25, -0.2) is 9.59 Å². The molecular weight excluding hydrogens is 449 g/mol. The second-order valence-electron chi connectivity index (χ2n) is 8.45. The highest BCUT2D eigenvalue weighted by Gasteiger charge is 2.42. The van der Waals surface area contributed by atoms with Gasteiger partial charge in [-0.05, 0) is 48.9 Å². The molecule has 4 rings (SSSR count). The summed E-state index contributed by atoms with van der Waals surface area (Å²) in [5.74, 6) is -1.20. The van der Waals surface area contributed by atoms with E-state index in [1.807, 2.05) is 4.90 Å². The van der Waals surface area contributed by atoms with Gasteiger partial charge >= 0.3 is 18.2 Å². The van der Waals surface area contributed by atoms with Crippen LogP contribution in [0, 0.1) is 5.41 Å². The normalized spacial score (nSPS) is 18.9. The van der Waals surface area contributed by atoms with Gasteiger partial charge in [0.2, 0.25) is 0 Å². The fourth-order valence-electron chi connectivity index (χ4n) is 4.69. The molecule has 0 saturated carbocycles. The summed E-state index contributed by atoms with van der Waals surface area (Å²) in [6.45, 7) is 2.48. The topological polar surface area (TPSA) is 78.7 Å². The molecular formula is C21H22ClF3N4O3. The number of aromatic carboxylic acids is 1. The minimum atomic E-state index is -4.51. The Labute approximate surface area is 187 Å². The Hall–Kier alpha value is -2.59. The van der Waals surface area contributed by atoms with Crippen molar-refractivity contribution < 1.29 is 27.9 Å². The van der Waals surface area contributed by atoms with Crippen molar-refractivity contribution in [3.05, 3.63) is 52.3 Å². The number of likely N-dealkylation sites (tertiary alicyclic amines) is 2. The molecule has 0 atom stereocenters. The molecule has 32 heavy (non-hydrogen) atoms. The molecule has 0 unspecified atom stereocenters. The predicted molar refractivity (Wildman–Crippen MR) is 110 cm³/mol. The summed E-state index contributed by atoms with van der Waals surface area (Å²) >= 11 is 5.84. The van der Waals surface area contributed by atoms with Crippen molar-refractivity contribution in [3.8, 4) is 0 Å². The zero-order valence-corrected chi connectivity index (χ0v) is 17.9. The largest absolute Gasteiger partial charge is 0.476 e. The molecule has 11 heteroatoms. The Morgan fingerprint density at radius 3 is 2.44 bits per heavy atom. The number of carbonyl (C=O) groups is 2. The number of rotatable bonds is 3. The van der Waals surface area contributed by atoms with Gasteiger partial charge in [-0.15, -0.1) is 0 Å². The summed E-state index contributed by atoms with van der Waals surface area (Å²) in [5, 5.41) is 12.5. The molecule has 2 aliphatic rings. The van der Waals surface area contributed by atoms with Gasteiger partial charge in [0.15, 0.2) is 5.69 Å². The third kappa shape index (κ3) is 4.47. The van der Waals surface area contributed by atoms with Crippen LogP contribution in [0.1, 0.15) is 40.9 Å². The Morgan fingerprint density at radius 1 is 1.12 bits per heavy atom. The maximum atomic E-state index is 13.5. The number of carboxylic acid groups (broad SMARTS) is 1. The van der Waals surface area contributed by atoms with Gasteiger partial charge in [0.25, 0.3) is 0 Å². The van der Waals surface area contributed by atoms with Crippen LogP contribution >= 0.6 is 11.6 Å². The van der Waals surface area contributed by atoms with Crippen molar-refractivity contribution in [2.45, 2.75) is 32.0 Å². The summed E-state index contributed by atoms with van der Waals surface area (Å²) < 4.78 is 41.4. The summed E-state index contributed by atoms with van der Waals surface area (Å²) in [4.78, 5) is 27.2. The number of carbonyl (C=O) groups excluding carboxylic acids is 1. The van der Waals surface area contributed by atoms with Crippen LogP contribution in [-0.4, -0.2) is 62.9 Å². The first-order chi connectivity index (χ1) is 15.1. The zero-order valence-electron chi connectivity index (χ0n) is 17.1. The number of hydrogen-bond donors (Lipinski definition) is 1. The number of benzene rings is 1. The first kappa shape index (κ1) is 22.6. The predicted octanol–water partition coefficient (Wildman–Crippen LogP) is 4.21. The molecule has 1 spiro atoms. The van der Waals surface area contributed by atoms with Crippen LogP contribution in [0.5, 0.6) is 0 Å². The minimum absolute atomic E-state index is 0.0515. The van der Waals surface area contributed by atoms with Gasteiger partial charge in [-0.1, -0.05) is 23.7 Å². The third-order valence-corrected chi connectivity index (χ3v) is 6.71. The van der Waals surface area contributed by atoms with Gasteiger partial charge in [0, 0.05) is 32.4 Å². The molecule has 2 fully saturated rings. The molecule has 1 N–H and O–H groups in total. The van der Waals surface area contributed by atoms with E-state index in [-0.39, 0.29) is 34.3 Å². The molecule has 7 nitrogen and oxygen atoms in total. The lowest BCUT2D eigenvalue weighted by Gasteiger charge is -2.39. The Balaban J connectivity index is 1.38. The van der Waals surface area contributed by atoms with E-state index in [0.717, 1.165) is 23.9 Å². The number of halogens is 4. The fraction of sp³-hybridized carbons (Fsp3) is 0.476. The number of aromatic nitrogens is 2. The van der Waals surface area contributed by atoms with Crippen molar-refractivity contribution in [1.29, 1.82) is 0 Å². The Kier molecular flexibility index (Phi) is 5.93. The SMILES string of the molecule is O=C(O)c1ccn(C(=O)N2CCC3(CCN(Cc4cccc(Cl)c4C(F)(F)F)C3)CC2)n1. The average Bonchev–Trinajstić information content (AvgIpc) is 3.35. The number of nitrogens with zero attached hydrogens (tertiary/aromatic N) is 4. The maximum absolute atomic E-state index is 13.5. The molecule has 2 aromatic rings. The molecule has 1 aromatic heterocycles. The third-order valence-electron chi connectivity index (χ3n) is 6.39. The first-order valence-electron chi connectivity index (χ1n) is 10.2. The molecule has 172 valence electrons. The van der Waals surface area contributed by atoms with Gasteiger partial charge in [0.05, 0.1) is 10.6 Å². The van der Waals surface area contributed by atoms with Crippen LogP contribution in [0.3, 0.4) is 0 Å². The highest BCUT2D eigenvalue weighted by molar-refractivity contribution is 6.31. The summed E-state index contributed by atoms with van der Waals surface area (Å²) in [6, 6.07) is 5.15. The van der Waals surface area contributed by atoms with Crippen LogP contribution in [0.15, 0.2) is 30.5 Å². The van der Waals surface area contributed by atoms with E-state index in [9.17, 15) is 22.8 Å². The van der Waals surface area contributed by atoms with Crippen molar-refractivity contribution in [2.24, 2.45) is 5.41 Å². The summed E-state index contributed by atoms with van der Waals surface area (Å²) in [6.07, 6.45) is -0.879. The van der Waals surface area contributed by atoms with Crippen LogP contribution < -0.4 is 0 Å². The van der Waals surface area contributed by atoms with Crippen LogP contribution in [0.2, 0.25) is 5.02 Å². The molecule has 1 amide bonds. The van der Waals surface area contributed by atoms with Crippen molar-refractivity contribution in [1.82, 2.24) is 19.6 Å². The standard InChI is InChI=1S/C21H22ClF3N4O3/c22-15-3-1-2-14(17(15)21(23,24)25)12-27-9-5-20(13-27)6-10-28(11-7-20)19(32)29-8-4-16(26-29)18(30)31/h1-4,8H,5-7,9-13H2,(H,30,31). The maximum Gasteiger partial charge on any atom is 0.418 e. The van der Waals surface area contributed by atoms with E-state index in [4.69, 9.17) is 16.7 Å². The number of piperidine rings is 1. The lowest BCUT2D eigenvalue weighted by molar-refractivity contribution is -0.138. The Bertz CT molecular complexity index is 1030. The van der Waals surface area contributed by atoms with Gasteiger partial charge < -0.3 is 10.0 Å². The lowest BCUT2D eigenvalue weighted by Crippen LogP contribution is -2.45. The second-order valence-corrected chi connectivity index (χ2v) is 8.86. The monoisotopic (exact) mass is 470 g/mol. The first-order valence-corrected chi connectivity index (χ1v) is 10.6. The van der Waals surface area contributed by atoms with E-state index in [1.165, 1.54) is 30.5 Å². The Morgan fingerprint density at radius 2 is 1.81 bits per heavy atom. The molecule has 2 saturated heterocycles. The van der Waals surface area contributed by atoms with Gasteiger partial charge in [-0.3, -0.25) is 4.90 Å². The molecule has 0 bridgehead atoms. The molecule has 3 heterocycles. The number of amides is 1. The lowest BCUT2D eigenvalue weighted by atomic mass is 9.78.